The number of hydrogen-bond donors (Lipinski definition) is 1. The Kier molecular flexibility index (Phi) is 4.89. The average Bonchev–Trinajstić information content (AvgIpc) is 3.52. The molecule has 1 N–H and O–H groups in total. The van der Waals surface area contributed by atoms with E-state index < -0.39 is 5.25 Å². The minimum absolute atomic E-state index is 0.0552. The summed E-state index contributed by atoms with van der Waals surface area (Å²) in [5, 5.41) is 13.6. The fourth-order valence-electron chi connectivity index (χ4n) is 4.06. The van der Waals surface area contributed by atoms with E-state index in [4.69, 9.17) is 0 Å². The van der Waals surface area contributed by atoms with Crippen LogP contribution in [0.25, 0.3) is 10.9 Å². The predicted molar refractivity (Wildman–Crippen MR) is 113 cm³/mol. The zero-order valence-electron chi connectivity index (χ0n) is 15.9. The van der Waals surface area contributed by atoms with Gasteiger partial charge in [-0.25, -0.2) is 4.68 Å². The summed E-state index contributed by atoms with van der Waals surface area (Å²) in [4.78, 5) is 16.9. The van der Waals surface area contributed by atoms with Gasteiger partial charge in [0.05, 0.1) is 6.04 Å². The normalized spacial score (nSPS) is 15.7. The summed E-state index contributed by atoms with van der Waals surface area (Å²) in [6, 6.07) is 18.1. The van der Waals surface area contributed by atoms with Crippen LogP contribution in [0, 0.1) is 0 Å². The Hall–Kier alpha value is -2.93. The topological polar surface area (TPSA) is 76.5 Å². The summed E-state index contributed by atoms with van der Waals surface area (Å²) in [6.45, 7) is 0. The highest BCUT2D eigenvalue weighted by atomic mass is 32.2. The molecule has 1 aliphatic rings. The number of aromatic nitrogens is 5. The van der Waals surface area contributed by atoms with Gasteiger partial charge in [-0.2, -0.15) is 0 Å². The van der Waals surface area contributed by atoms with Crippen molar-refractivity contribution in [2.45, 2.75) is 42.1 Å². The second kappa shape index (κ2) is 7.83. The lowest BCUT2D eigenvalue weighted by Crippen LogP contribution is -2.13. The molecule has 0 aliphatic heterocycles. The van der Waals surface area contributed by atoms with E-state index >= 15 is 0 Å². The van der Waals surface area contributed by atoms with Crippen LogP contribution in [0.4, 0.5) is 0 Å². The molecule has 4 aromatic rings. The fourth-order valence-corrected chi connectivity index (χ4v) is 5.18. The highest BCUT2D eigenvalue weighted by molar-refractivity contribution is 8.00. The van der Waals surface area contributed by atoms with Gasteiger partial charge >= 0.3 is 0 Å². The maximum absolute atomic E-state index is 13.7. The number of tetrazole rings is 1. The molecule has 0 bridgehead atoms. The Labute approximate surface area is 172 Å². The van der Waals surface area contributed by atoms with E-state index in [0.717, 1.165) is 29.3 Å². The van der Waals surface area contributed by atoms with Gasteiger partial charge in [-0.3, -0.25) is 4.79 Å². The SMILES string of the molecule is O=C(c1c[nH]c2ccccc12)C(Sc1nnnn1C1CCCC1)c1ccccc1. The van der Waals surface area contributed by atoms with Crippen molar-refractivity contribution in [3.8, 4) is 0 Å². The molecule has 0 spiro atoms. The summed E-state index contributed by atoms with van der Waals surface area (Å²) in [5.74, 6) is 0.0552. The summed E-state index contributed by atoms with van der Waals surface area (Å²) in [6.07, 6.45) is 6.38. The van der Waals surface area contributed by atoms with Gasteiger partial charge in [0, 0.05) is 22.7 Å². The molecule has 146 valence electrons. The molecular formula is C22H21N5OS. The molecule has 1 aliphatic carbocycles. The quantitative estimate of drug-likeness (QED) is 0.363. The van der Waals surface area contributed by atoms with Crippen molar-refractivity contribution in [3.63, 3.8) is 0 Å². The summed E-state index contributed by atoms with van der Waals surface area (Å²) in [7, 11) is 0. The first kappa shape index (κ1) is 18.1. The molecule has 0 saturated heterocycles. The predicted octanol–water partition coefficient (Wildman–Crippen LogP) is 4.99. The minimum Gasteiger partial charge on any atom is -0.360 e. The van der Waals surface area contributed by atoms with E-state index in [0.29, 0.717) is 16.8 Å². The molecule has 1 saturated carbocycles. The van der Waals surface area contributed by atoms with Gasteiger partial charge in [0.1, 0.15) is 5.25 Å². The van der Waals surface area contributed by atoms with Gasteiger partial charge < -0.3 is 4.98 Å². The van der Waals surface area contributed by atoms with Crippen LogP contribution in [0.2, 0.25) is 0 Å². The molecule has 2 aromatic carbocycles. The highest BCUT2D eigenvalue weighted by Gasteiger charge is 2.29. The zero-order chi connectivity index (χ0) is 19.6. The summed E-state index contributed by atoms with van der Waals surface area (Å²) >= 11 is 1.44. The molecule has 2 aromatic heterocycles. The molecule has 7 heteroatoms. The van der Waals surface area contributed by atoms with Crippen LogP contribution in [0.5, 0.6) is 0 Å². The molecule has 6 nitrogen and oxygen atoms in total. The van der Waals surface area contributed by atoms with Gasteiger partial charge in [-0.15, -0.1) is 5.10 Å². The number of thioether (sulfide) groups is 1. The molecule has 1 unspecified atom stereocenters. The Bertz CT molecular complexity index is 1130. The maximum Gasteiger partial charge on any atom is 0.210 e. The summed E-state index contributed by atoms with van der Waals surface area (Å²) < 4.78 is 1.91. The van der Waals surface area contributed by atoms with Crippen molar-refractivity contribution in [1.29, 1.82) is 0 Å². The van der Waals surface area contributed by atoms with Gasteiger partial charge in [-0.1, -0.05) is 73.1 Å². The van der Waals surface area contributed by atoms with E-state index in [1.807, 2.05) is 65.5 Å². The third kappa shape index (κ3) is 3.46. The van der Waals surface area contributed by atoms with Gasteiger partial charge in [0.25, 0.3) is 0 Å². The number of carbonyl (C=O) groups excluding carboxylic acids is 1. The first-order chi connectivity index (χ1) is 14.3. The average molecular weight is 404 g/mol. The van der Waals surface area contributed by atoms with Crippen molar-refractivity contribution in [2.24, 2.45) is 0 Å². The van der Waals surface area contributed by atoms with E-state index in [9.17, 15) is 4.79 Å². The lowest BCUT2D eigenvalue weighted by molar-refractivity contribution is 0.0991. The van der Waals surface area contributed by atoms with Crippen molar-refractivity contribution in [3.05, 3.63) is 71.9 Å². The largest absolute Gasteiger partial charge is 0.360 e. The molecule has 29 heavy (non-hydrogen) atoms. The number of nitrogens with one attached hydrogen (secondary N) is 1. The number of carbonyl (C=O) groups is 1. The first-order valence-electron chi connectivity index (χ1n) is 9.91. The molecular weight excluding hydrogens is 382 g/mol. The van der Waals surface area contributed by atoms with E-state index in [2.05, 4.69) is 20.5 Å². The number of benzene rings is 2. The number of aromatic amines is 1. The van der Waals surface area contributed by atoms with Gasteiger partial charge in [0.2, 0.25) is 5.16 Å². The van der Waals surface area contributed by atoms with Crippen LogP contribution in [-0.4, -0.2) is 31.0 Å². The molecule has 0 amide bonds. The molecule has 1 atom stereocenters. The Morgan fingerprint density at radius 3 is 2.66 bits per heavy atom. The number of nitrogens with zero attached hydrogens (tertiary/aromatic N) is 4. The van der Waals surface area contributed by atoms with E-state index in [1.54, 1.807) is 0 Å². The minimum atomic E-state index is -0.415. The van der Waals surface area contributed by atoms with Crippen molar-refractivity contribution in [2.75, 3.05) is 0 Å². The number of hydrogen-bond acceptors (Lipinski definition) is 5. The number of rotatable bonds is 6. The molecule has 1 fully saturated rings. The Morgan fingerprint density at radius 2 is 1.83 bits per heavy atom. The third-order valence-electron chi connectivity index (χ3n) is 5.55. The lowest BCUT2D eigenvalue weighted by Gasteiger charge is -2.17. The number of H-pyrrole nitrogens is 1. The number of ketones is 1. The number of fused-ring (bicyclic) bond motifs is 1. The highest BCUT2D eigenvalue weighted by Crippen LogP contribution is 2.40. The molecule has 2 heterocycles. The second-order valence-corrected chi connectivity index (χ2v) is 8.44. The van der Waals surface area contributed by atoms with Crippen molar-refractivity contribution in [1.82, 2.24) is 25.2 Å². The smallest absolute Gasteiger partial charge is 0.210 e. The van der Waals surface area contributed by atoms with Crippen molar-refractivity contribution >= 4 is 28.4 Å². The monoisotopic (exact) mass is 403 g/mol. The van der Waals surface area contributed by atoms with Crippen LogP contribution in [0.15, 0.2) is 66.0 Å². The molecule has 5 rings (SSSR count). The standard InChI is InChI=1S/C22H21N5OS/c28-20(18-14-23-19-13-7-6-12-17(18)19)21(15-8-2-1-3-9-15)29-22-24-25-26-27(22)16-10-4-5-11-16/h1-3,6-9,12-14,16,21,23H,4-5,10-11H2. The first-order valence-corrected chi connectivity index (χ1v) is 10.8. The van der Waals surface area contributed by atoms with Gasteiger partial charge in [0.15, 0.2) is 5.78 Å². The van der Waals surface area contributed by atoms with E-state index in [-0.39, 0.29) is 5.78 Å². The third-order valence-corrected chi connectivity index (χ3v) is 6.75. The van der Waals surface area contributed by atoms with E-state index in [1.165, 1.54) is 24.6 Å². The number of para-hydroxylation sites is 1. The van der Waals surface area contributed by atoms with Crippen LogP contribution in [-0.2, 0) is 0 Å². The zero-order valence-corrected chi connectivity index (χ0v) is 16.7. The van der Waals surface area contributed by atoms with Crippen LogP contribution in [0.3, 0.4) is 0 Å². The fraction of sp³-hybridized carbons (Fsp3) is 0.273. The second-order valence-electron chi connectivity index (χ2n) is 7.37. The summed E-state index contributed by atoms with van der Waals surface area (Å²) in [5.41, 5.74) is 2.61. The van der Waals surface area contributed by atoms with Crippen LogP contribution >= 0.6 is 11.8 Å². The maximum atomic E-state index is 13.7. The van der Waals surface area contributed by atoms with Gasteiger partial charge in [-0.05, 0) is 34.9 Å². The van der Waals surface area contributed by atoms with Crippen molar-refractivity contribution < 1.29 is 4.79 Å². The molecule has 0 radical (unpaired) electrons. The number of Topliss-reactive ketones (excluding diaryl/α,β-unsaturated/α-hetero) is 1. The van der Waals surface area contributed by atoms with Crippen LogP contribution in [0.1, 0.15) is 52.9 Å². The lowest BCUT2D eigenvalue weighted by atomic mass is 10.0. The Balaban J connectivity index is 1.53. The Morgan fingerprint density at radius 1 is 1.07 bits per heavy atom. The van der Waals surface area contributed by atoms with Crippen LogP contribution < -0.4 is 0 Å².